The first kappa shape index (κ1) is 13.3. The predicted molar refractivity (Wildman–Crippen MR) is 76.5 cm³/mol. The SMILES string of the molecule is N#CC(C#N)=C/C=C/c1ncc(N2CCCCC2)s1. The number of thiazole rings is 1. The number of rotatable bonds is 3. The maximum absolute atomic E-state index is 8.60. The van der Waals surface area contributed by atoms with Crippen LogP contribution < -0.4 is 4.90 Å². The molecule has 19 heavy (non-hydrogen) atoms. The summed E-state index contributed by atoms with van der Waals surface area (Å²) in [5.41, 5.74) is 0.101. The topological polar surface area (TPSA) is 63.7 Å². The minimum absolute atomic E-state index is 0.101. The highest BCUT2D eigenvalue weighted by Crippen LogP contribution is 2.27. The van der Waals surface area contributed by atoms with E-state index in [9.17, 15) is 0 Å². The Hall–Kier alpha value is -2.11. The summed E-state index contributed by atoms with van der Waals surface area (Å²) in [5.74, 6) is 0. The second kappa shape index (κ2) is 6.72. The monoisotopic (exact) mass is 270 g/mol. The zero-order valence-electron chi connectivity index (χ0n) is 10.5. The van der Waals surface area contributed by atoms with E-state index in [0.717, 1.165) is 18.1 Å². The van der Waals surface area contributed by atoms with Crippen LogP contribution in [0.1, 0.15) is 24.3 Å². The highest BCUT2D eigenvalue weighted by molar-refractivity contribution is 7.16. The Balaban J connectivity index is 2.01. The number of anilines is 1. The summed E-state index contributed by atoms with van der Waals surface area (Å²) in [4.78, 5) is 6.70. The van der Waals surface area contributed by atoms with Crippen LogP contribution in [0.4, 0.5) is 5.00 Å². The largest absolute Gasteiger partial charge is 0.362 e. The van der Waals surface area contributed by atoms with Crippen molar-refractivity contribution in [1.29, 1.82) is 10.5 Å². The van der Waals surface area contributed by atoms with Gasteiger partial charge in [-0.3, -0.25) is 0 Å². The molecule has 1 aliphatic rings. The van der Waals surface area contributed by atoms with E-state index in [1.54, 1.807) is 17.4 Å². The highest BCUT2D eigenvalue weighted by Gasteiger charge is 2.12. The molecule has 1 aliphatic heterocycles. The van der Waals surface area contributed by atoms with E-state index in [1.165, 1.54) is 30.3 Å². The zero-order chi connectivity index (χ0) is 13.5. The smallest absolute Gasteiger partial charge is 0.129 e. The van der Waals surface area contributed by atoms with Crippen molar-refractivity contribution >= 4 is 22.4 Å². The summed E-state index contributed by atoms with van der Waals surface area (Å²) >= 11 is 1.64. The molecule has 2 heterocycles. The number of hydrogen-bond acceptors (Lipinski definition) is 5. The van der Waals surface area contributed by atoms with Crippen molar-refractivity contribution in [1.82, 2.24) is 4.98 Å². The highest BCUT2D eigenvalue weighted by atomic mass is 32.1. The van der Waals surface area contributed by atoms with Gasteiger partial charge in [-0.05, 0) is 31.4 Å². The van der Waals surface area contributed by atoms with Gasteiger partial charge in [-0.1, -0.05) is 17.4 Å². The molecular formula is C14H14N4S. The molecular weight excluding hydrogens is 256 g/mol. The molecule has 0 saturated carbocycles. The van der Waals surface area contributed by atoms with Gasteiger partial charge in [0.1, 0.15) is 27.7 Å². The average Bonchev–Trinajstić information content (AvgIpc) is 2.93. The van der Waals surface area contributed by atoms with E-state index < -0.39 is 0 Å². The Bertz CT molecular complexity index is 549. The Morgan fingerprint density at radius 2 is 2.00 bits per heavy atom. The Morgan fingerprint density at radius 3 is 2.68 bits per heavy atom. The van der Waals surface area contributed by atoms with Gasteiger partial charge in [-0.15, -0.1) is 0 Å². The lowest BCUT2D eigenvalue weighted by atomic mass is 10.1. The molecule has 4 nitrogen and oxygen atoms in total. The number of piperidine rings is 1. The van der Waals surface area contributed by atoms with Crippen molar-refractivity contribution in [2.45, 2.75) is 19.3 Å². The molecule has 96 valence electrons. The van der Waals surface area contributed by atoms with E-state index >= 15 is 0 Å². The van der Waals surface area contributed by atoms with Gasteiger partial charge in [-0.25, -0.2) is 4.98 Å². The molecule has 1 aromatic rings. The van der Waals surface area contributed by atoms with Crippen molar-refractivity contribution in [2.24, 2.45) is 0 Å². The molecule has 0 radical (unpaired) electrons. The van der Waals surface area contributed by atoms with Crippen LogP contribution in [-0.2, 0) is 0 Å². The molecule has 0 aromatic carbocycles. The molecule has 0 N–H and O–H groups in total. The molecule has 0 aliphatic carbocycles. The van der Waals surface area contributed by atoms with Crippen molar-refractivity contribution in [3.63, 3.8) is 0 Å². The van der Waals surface area contributed by atoms with E-state index in [0.29, 0.717) is 0 Å². The first-order valence-electron chi connectivity index (χ1n) is 6.23. The van der Waals surface area contributed by atoms with Gasteiger partial charge >= 0.3 is 0 Å². The average molecular weight is 270 g/mol. The van der Waals surface area contributed by atoms with E-state index in [4.69, 9.17) is 10.5 Å². The lowest BCUT2D eigenvalue weighted by Gasteiger charge is -2.26. The normalized spacial score (nSPS) is 14.9. The number of hydrogen-bond donors (Lipinski definition) is 0. The fourth-order valence-electron chi connectivity index (χ4n) is 1.94. The van der Waals surface area contributed by atoms with E-state index in [2.05, 4.69) is 9.88 Å². The van der Waals surface area contributed by atoms with Crippen molar-refractivity contribution < 1.29 is 0 Å². The molecule has 1 fully saturated rings. The van der Waals surface area contributed by atoms with Gasteiger partial charge in [0.25, 0.3) is 0 Å². The predicted octanol–water partition coefficient (Wildman–Crippen LogP) is 3.12. The second-order valence-electron chi connectivity index (χ2n) is 4.25. The summed E-state index contributed by atoms with van der Waals surface area (Å²) in [6, 6.07) is 3.64. The van der Waals surface area contributed by atoms with Crippen molar-refractivity contribution in [2.75, 3.05) is 18.0 Å². The summed E-state index contributed by atoms with van der Waals surface area (Å²) < 4.78 is 0. The first-order chi connectivity index (χ1) is 9.33. The lowest BCUT2D eigenvalue weighted by molar-refractivity contribution is 0.580. The summed E-state index contributed by atoms with van der Waals surface area (Å²) in [6.07, 6.45) is 10.7. The molecule has 0 spiro atoms. The van der Waals surface area contributed by atoms with Crippen LogP contribution in [0.15, 0.2) is 23.9 Å². The number of nitrogens with zero attached hydrogens (tertiary/aromatic N) is 4. The molecule has 1 saturated heterocycles. The fourth-order valence-corrected chi connectivity index (χ4v) is 2.83. The number of aromatic nitrogens is 1. The molecule has 0 unspecified atom stereocenters. The Labute approximate surface area is 116 Å². The molecule has 2 rings (SSSR count). The minimum atomic E-state index is 0.101. The maximum Gasteiger partial charge on any atom is 0.129 e. The van der Waals surface area contributed by atoms with Crippen molar-refractivity contribution in [3.05, 3.63) is 28.9 Å². The molecule has 0 amide bonds. The van der Waals surface area contributed by atoms with Crippen LogP contribution in [-0.4, -0.2) is 18.1 Å². The van der Waals surface area contributed by atoms with Gasteiger partial charge in [0.2, 0.25) is 0 Å². The van der Waals surface area contributed by atoms with Gasteiger partial charge < -0.3 is 4.90 Å². The van der Waals surface area contributed by atoms with Crippen LogP contribution in [0.3, 0.4) is 0 Å². The molecule has 0 atom stereocenters. The molecule has 0 bridgehead atoms. The van der Waals surface area contributed by atoms with Crippen LogP contribution in [0.5, 0.6) is 0 Å². The van der Waals surface area contributed by atoms with Crippen LogP contribution in [0, 0.1) is 22.7 Å². The Morgan fingerprint density at radius 1 is 1.26 bits per heavy atom. The van der Waals surface area contributed by atoms with E-state index in [-0.39, 0.29) is 5.57 Å². The third kappa shape index (κ3) is 3.67. The van der Waals surface area contributed by atoms with Crippen LogP contribution >= 0.6 is 11.3 Å². The fraction of sp³-hybridized carbons (Fsp3) is 0.357. The van der Waals surface area contributed by atoms with E-state index in [1.807, 2.05) is 24.4 Å². The maximum atomic E-state index is 8.60. The standard InChI is InChI=1S/C14H14N4S/c15-9-12(10-16)5-4-6-13-17-11-14(19-13)18-7-2-1-3-8-18/h4-6,11H,1-3,7-8H2/b6-4+. The van der Waals surface area contributed by atoms with Gasteiger partial charge in [-0.2, -0.15) is 10.5 Å². The number of allylic oxidation sites excluding steroid dienone is 3. The van der Waals surface area contributed by atoms with Gasteiger partial charge in [0.15, 0.2) is 0 Å². The Kier molecular flexibility index (Phi) is 4.72. The first-order valence-corrected chi connectivity index (χ1v) is 7.04. The van der Waals surface area contributed by atoms with Crippen molar-refractivity contribution in [3.8, 4) is 12.1 Å². The molecule has 5 heteroatoms. The third-order valence-corrected chi connectivity index (χ3v) is 3.95. The lowest BCUT2D eigenvalue weighted by Crippen LogP contribution is -2.28. The zero-order valence-corrected chi connectivity index (χ0v) is 11.4. The number of nitriles is 2. The second-order valence-corrected chi connectivity index (χ2v) is 5.29. The summed E-state index contributed by atoms with van der Waals surface area (Å²) in [6.45, 7) is 2.22. The van der Waals surface area contributed by atoms with Crippen LogP contribution in [0.2, 0.25) is 0 Å². The summed E-state index contributed by atoms with van der Waals surface area (Å²) in [5, 5.41) is 19.3. The molecule has 1 aromatic heterocycles. The van der Waals surface area contributed by atoms with Gasteiger partial charge in [0.05, 0.1) is 6.20 Å². The van der Waals surface area contributed by atoms with Gasteiger partial charge in [0, 0.05) is 13.1 Å². The quantitative estimate of drug-likeness (QED) is 0.625. The third-order valence-electron chi connectivity index (χ3n) is 2.92. The summed E-state index contributed by atoms with van der Waals surface area (Å²) in [7, 11) is 0. The minimum Gasteiger partial charge on any atom is -0.362 e. The van der Waals surface area contributed by atoms with Crippen LogP contribution in [0.25, 0.3) is 6.08 Å².